The van der Waals surface area contributed by atoms with E-state index in [2.05, 4.69) is 0 Å². The first kappa shape index (κ1) is 29.4. The normalized spacial score (nSPS) is 4.00. The predicted molar refractivity (Wildman–Crippen MR) is 28.4 cm³/mol. The van der Waals surface area contributed by atoms with Gasteiger partial charge in [0.05, 0.1) is 0 Å². The summed E-state index contributed by atoms with van der Waals surface area (Å²) in [6, 6.07) is 10.0. The summed E-state index contributed by atoms with van der Waals surface area (Å²) in [7, 11) is 0. The maximum Gasteiger partial charge on any atom is 3.00 e. The molecule has 0 aliphatic rings. The van der Waals surface area contributed by atoms with Gasteiger partial charge >= 0.3 is 26.2 Å². The average molecular weight is 552 g/mol. The van der Waals surface area contributed by atoms with Gasteiger partial charge in [-0.3, -0.25) is 0 Å². The molecule has 0 nitrogen and oxygen atoms in total. The fourth-order valence-corrected chi connectivity index (χ4v) is 0.321. The van der Waals surface area contributed by atoms with Crippen LogP contribution >= 0.6 is 0 Å². The zero-order valence-corrected chi connectivity index (χ0v) is 14.5. The van der Waals surface area contributed by atoms with Crippen molar-refractivity contribution in [1.82, 2.24) is 0 Å². The van der Waals surface area contributed by atoms with E-state index in [9.17, 15) is 0 Å². The Kier molecular flexibility index (Phi) is 66.3. The van der Waals surface area contributed by atoms with E-state index in [1.807, 2.05) is 30.3 Å². The molecule has 0 fully saturated rings. The van der Waals surface area contributed by atoms with Gasteiger partial charge in [-0.15, -0.1) is 0 Å². The molecule has 0 spiro atoms. The van der Waals surface area contributed by atoms with Crippen molar-refractivity contribution < 1.29 is 98.1 Å². The second-order valence-electron chi connectivity index (χ2n) is 0.962. The number of hydrogen-bond acceptors (Lipinski definition) is 0. The van der Waals surface area contributed by atoms with Crippen molar-refractivity contribution in [3.8, 4) is 0 Å². The van der Waals surface area contributed by atoms with Crippen LogP contribution in [0.2, 0.25) is 0 Å². The second-order valence-corrected chi connectivity index (χ2v) is 0.962. The van der Waals surface area contributed by atoms with Gasteiger partial charge in [0.15, 0.2) is 0 Å². The van der Waals surface area contributed by atoms with Crippen LogP contribution in [0.3, 0.4) is 0 Å². The number of rotatable bonds is 0. The minimum Gasteiger partial charge on any atom is -1.00 e. The van der Waals surface area contributed by atoms with Crippen molar-refractivity contribution in [3.63, 3.8) is 0 Å². The minimum absolute atomic E-state index is 0. The van der Waals surface area contributed by atoms with Crippen LogP contribution in [0.1, 0.15) is 0 Å². The van der Waals surface area contributed by atoms with Gasteiger partial charge in [-0.2, -0.15) is 18.2 Å². The van der Waals surface area contributed by atoms with Crippen LogP contribution in [-0.2, 0) is 26.2 Å². The van der Waals surface area contributed by atoms with E-state index in [-0.39, 0.29) is 106 Å². The summed E-state index contributed by atoms with van der Waals surface area (Å²) < 4.78 is 0. The predicted octanol–water partition coefficient (Wildman–Crippen LogP) is -7.13. The molecule has 59 valence electrons. The summed E-state index contributed by atoms with van der Waals surface area (Å²) in [5, 5.41) is 0. The molecule has 0 saturated heterocycles. The minimum atomic E-state index is 0. The smallest absolute Gasteiger partial charge is 1.00 e. The Hall–Kier alpha value is 2.42. The van der Waals surface area contributed by atoms with E-state index in [0.29, 0.717) is 0 Å². The fourth-order valence-electron chi connectivity index (χ4n) is 0.321. The van der Waals surface area contributed by atoms with Crippen LogP contribution in [0.5, 0.6) is 0 Å². The van der Waals surface area contributed by atoms with Crippen LogP contribution in [-0.4, -0.2) is 0 Å². The zero-order chi connectivity index (χ0) is 3.54. The third-order valence-corrected chi connectivity index (χ3v) is 0.556. The Morgan fingerprint density at radius 1 is 0.800 bits per heavy atom. The molecule has 1 radical (unpaired) electrons. The molecule has 1 aromatic rings. The van der Waals surface area contributed by atoms with Crippen molar-refractivity contribution in [2.45, 2.75) is 0 Å². The summed E-state index contributed by atoms with van der Waals surface area (Å²) >= 11 is 0. The quantitative estimate of drug-likeness (QED) is 0.222. The molecular weight excluding hydrogens is 544 g/mol. The molecule has 0 aromatic heterocycles. The van der Waals surface area contributed by atoms with Gasteiger partial charge in [0.1, 0.15) is 0 Å². The molecule has 1 aromatic carbocycles. The molecule has 0 amide bonds. The largest absolute Gasteiger partial charge is 3.00 e. The molecule has 0 N–H and O–H groups in total. The maximum absolute atomic E-state index is 2.00. The molecule has 0 aliphatic carbocycles. The molecule has 0 unspecified atom stereocenters. The summed E-state index contributed by atoms with van der Waals surface area (Å²) in [6.45, 7) is 0. The van der Waals surface area contributed by atoms with Gasteiger partial charge in [0, 0.05) is 0 Å². The molecule has 0 heterocycles. The van der Waals surface area contributed by atoms with Crippen LogP contribution in [0.25, 0.3) is 0 Å². The van der Waals surface area contributed by atoms with Crippen LogP contribution in [0.4, 0.5) is 0 Å². The Balaban J connectivity index is -0.0000000167. The van der Waals surface area contributed by atoms with Crippen LogP contribution < -0.4 is 71.9 Å². The fraction of sp³-hybridized carbons (Fsp3) is 0. The Morgan fingerprint density at radius 2 is 1.10 bits per heavy atom. The van der Waals surface area contributed by atoms with Crippen molar-refractivity contribution in [2.75, 3.05) is 0 Å². The van der Waals surface area contributed by atoms with E-state index in [0.717, 1.165) is 0 Å². The van der Waals surface area contributed by atoms with Gasteiger partial charge in [-0.25, -0.2) is 12.1 Å². The van der Waals surface area contributed by atoms with Crippen LogP contribution in [0, 0.1) is 7.43 Å². The Morgan fingerprint density at radius 3 is 1.20 bits per heavy atom. The maximum atomic E-state index is 2.00. The zero-order valence-electron chi connectivity index (χ0n) is 5.52. The number of hydrogen-bond donors (Lipinski definition) is 0. The Bertz CT molecular complexity index is 69.5. The van der Waals surface area contributed by atoms with Gasteiger partial charge in [0.25, 0.3) is 0 Å². The molecule has 0 atom stereocenters. The summed E-state index contributed by atoms with van der Waals surface area (Å²) in [4.78, 5) is 0. The van der Waals surface area contributed by atoms with E-state index in [4.69, 9.17) is 0 Å². The van der Waals surface area contributed by atoms with Crippen molar-refractivity contribution in [3.05, 3.63) is 37.8 Å². The van der Waals surface area contributed by atoms with Gasteiger partial charge in [-0.05, 0) is 0 Å². The molecular formula is C6H8I3Zr-2. The monoisotopic (exact) mass is 551 g/mol. The first-order valence-corrected chi connectivity index (χ1v) is 1.67. The molecule has 10 heavy (non-hydrogen) atoms. The Labute approximate surface area is 133 Å². The summed E-state index contributed by atoms with van der Waals surface area (Å²) in [5.74, 6) is 0. The average Bonchev–Trinajstić information content (AvgIpc) is 1.76. The van der Waals surface area contributed by atoms with Crippen molar-refractivity contribution in [1.29, 1.82) is 0 Å². The molecule has 0 aliphatic heterocycles. The van der Waals surface area contributed by atoms with Gasteiger partial charge < -0.3 is 79.4 Å². The third-order valence-electron chi connectivity index (χ3n) is 0.556. The standard InChI is InChI=1S/C5H5.CH3.3HI.Zr/c1-2-4-5-3-1;;;;;/h1-5H;1H3;3*1H;/q2*-1;;;;+3/p-3. The first-order chi connectivity index (χ1) is 2.50. The third kappa shape index (κ3) is 16.8. The van der Waals surface area contributed by atoms with Gasteiger partial charge in [0.2, 0.25) is 0 Å². The summed E-state index contributed by atoms with van der Waals surface area (Å²) in [5.41, 5.74) is 0. The second kappa shape index (κ2) is 22.5. The molecule has 0 bridgehead atoms. The molecule has 0 saturated carbocycles. The van der Waals surface area contributed by atoms with E-state index in [1.54, 1.807) is 0 Å². The number of halogens is 3. The summed E-state index contributed by atoms with van der Waals surface area (Å²) in [6.07, 6.45) is 0. The van der Waals surface area contributed by atoms with Crippen molar-refractivity contribution >= 4 is 0 Å². The van der Waals surface area contributed by atoms with E-state index in [1.165, 1.54) is 0 Å². The van der Waals surface area contributed by atoms with Gasteiger partial charge in [-0.1, -0.05) is 0 Å². The van der Waals surface area contributed by atoms with E-state index >= 15 is 0 Å². The molecule has 4 heteroatoms. The first-order valence-electron chi connectivity index (χ1n) is 1.67. The van der Waals surface area contributed by atoms with E-state index < -0.39 is 0 Å². The SMILES string of the molecule is [CH3-].[I-].[I-].[I-].[Zr+3].c1cc[cH-]c1. The van der Waals surface area contributed by atoms with Crippen LogP contribution in [0.15, 0.2) is 30.3 Å². The van der Waals surface area contributed by atoms with Crippen molar-refractivity contribution in [2.24, 2.45) is 0 Å². The molecule has 1 rings (SSSR count). The topological polar surface area (TPSA) is 0 Å².